The fourth-order valence-electron chi connectivity index (χ4n) is 2.27. The number of hydrogen-bond donors (Lipinski definition) is 4. The van der Waals surface area contributed by atoms with Crippen LogP contribution in [0.3, 0.4) is 0 Å². The van der Waals surface area contributed by atoms with E-state index in [4.69, 9.17) is 5.11 Å². The summed E-state index contributed by atoms with van der Waals surface area (Å²) in [5, 5.41) is 15.4. The molecular formula is C12H18N6O. The Morgan fingerprint density at radius 3 is 2.95 bits per heavy atom. The molecule has 7 nitrogen and oxygen atoms in total. The smallest absolute Gasteiger partial charge is 0.226 e. The number of anilines is 2. The van der Waals surface area contributed by atoms with Crippen molar-refractivity contribution in [2.75, 3.05) is 30.8 Å². The third kappa shape index (κ3) is 2.33. The lowest BCUT2D eigenvalue weighted by atomic mass is 10.0. The molecule has 4 N–H and O–H groups in total. The van der Waals surface area contributed by atoms with Gasteiger partial charge < -0.3 is 20.7 Å². The van der Waals surface area contributed by atoms with E-state index in [-0.39, 0.29) is 12.0 Å². The van der Waals surface area contributed by atoms with E-state index in [9.17, 15) is 0 Å². The predicted molar refractivity (Wildman–Crippen MR) is 73.1 cm³/mol. The molecule has 0 amide bonds. The summed E-state index contributed by atoms with van der Waals surface area (Å²) in [7, 11) is 1.78. The van der Waals surface area contributed by atoms with Crippen molar-refractivity contribution in [3.8, 4) is 0 Å². The fraction of sp³-hybridized carbons (Fsp3) is 0.583. The summed E-state index contributed by atoms with van der Waals surface area (Å²) < 4.78 is 0. The normalized spacial score (nSPS) is 16.5. The Balaban J connectivity index is 1.81. The first-order valence-electron chi connectivity index (χ1n) is 6.50. The predicted octanol–water partition coefficient (Wildman–Crippen LogP) is 0.969. The Morgan fingerprint density at radius 1 is 1.42 bits per heavy atom. The molecule has 0 spiro atoms. The molecule has 2 heterocycles. The van der Waals surface area contributed by atoms with Crippen LogP contribution in [0.25, 0.3) is 11.2 Å². The number of hydrogen-bond acceptors (Lipinski definition) is 6. The van der Waals surface area contributed by atoms with Gasteiger partial charge in [0.25, 0.3) is 0 Å². The van der Waals surface area contributed by atoms with E-state index in [1.54, 1.807) is 13.4 Å². The minimum atomic E-state index is 0.242. The molecule has 2 aromatic rings. The SMILES string of the molecule is CNc1nc(NCC2(CCO)CC2)c2[nH]cnc2n1. The number of aromatic nitrogens is 4. The van der Waals surface area contributed by atoms with Crippen molar-refractivity contribution in [1.82, 2.24) is 19.9 Å². The van der Waals surface area contributed by atoms with Crippen LogP contribution in [0.4, 0.5) is 11.8 Å². The van der Waals surface area contributed by atoms with Gasteiger partial charge in [0.1, 0.15) is 5.52 Å². The zero-order valence-corrected chi connectivity index (χ0v) is 10.9. The van der Waals surface area contributed by atoms with Crippen LogP contribution in [-0.4, -0.2) is 45.2 Å². The highest BCUT2D eigenvalue weighted by atomic mass is 16.3. The minimum absolute atomic E-state index is 0.242. The largest absolute Gasteiger partial charge is 0.396 e. The number of aliphatic hydroxyl groups excluding tert-OH is 1. The monoisotopic (exact) mass is 262 g/mol. The molecule has 1 aliphatic rings. The van der Waals surface area contributed by atoms with Crippen molar-refractivity contribution in [3.05, 3.63) is 6.33 Å². The Bertz CT molecular complexity index is 577. The summed E-state index contributed by atoms with van der Waals surface area (Å²) in [5.74, 6) is 1.31. The van der Waals surface area contributed by atoms with Crippen LogP contribution in [0.1, 0.15) is 19.3 Å². The summed E-state index contributed by atoms with van der Waals surface area (Å²) in [6.07, 6.45) is 4.79. The van der Waals surface area contributed by atoms with Crippen molar-refractivity contribution in [3.63, 3.8) is 0 Å². The first-order valence-corrected chi connectivity index (χ1v) is 6.50. The third-order valence-electron chi connectivity index (χ3n) is 3.74. The van der Waals surface area contributed by atoms with Crippen molar-refractivity contribution < 1.29 is 5.11 Å². The molecule has 19 heavy (non-hydrogen) atoms. The molecule has 0 aromatic carbocycles. The van der Waals surface area contributed by atoms with Gasteiger partial charge in [0.05, 0.1) is 6.33 Å². The molecular weight excluding hydrogens is 244 g/mol. The van der Waals surface area contributed by atoms with Crippen LogP contribution in [0.15, 0.2) is 6.33 Å². The van der Waals surface area contributed by atoms with Crippen LogP contribution in [0.2, 0.25) is 0 Å². The number of nitrogens with zero attached hydrogens (tertiary/aromatic N) is 3. The molecule has 0 radical (unpaired) electrons. The number of H-pyrrole nitrogens is 1. The van der Waals surface area contributed by atoms with Crippen LogP contribution >= 0.6 is 0 Å². The van der Waals surface area contributed by atoms with E-state index in [2.05, 4.69) is 30.6 Å². The van der Waals surface area contributed by atoms with E-state index in [0.29, 0.717) is 11.6 Å². The lowest BCUT2D eigenvalue weighted by Gasteiger charge is -2.15. The molecule has 0 bridgehead atoms. The molecule has 1 fully saturated rings. The lowest BCUT2D eigenvalue weighted by Crippen LogP contribution is -2.18. The Labute approximate surface area is 110 Å². The Kier molecular flexibility index (Phi) is 2.98. The second-order valence-electron chi connectivity index (χ2n) is 5.07. The summed E-state index contributed by atoms with van der Waals surface area (Å²) in [6.45, 7) is 1.06. The maximum atomic E-state index is 9.08. The molecule has 3 rings (SSSR count). The van der Waals surface area contributed by atoms with Crippen molar-refractivity contribution in [2.24, 2.45) is 5.41 Å². The van der Waals surface area contributed by atoms with Gasteiger partial charge in [0.2, 0.25) is 5.95 Å². The van der Waals surface area contributed by atoms with E-state index >= 15 is 0 Å². The summed E-state index contributed by atoms with van der Waals surface area (Å²) in [5.41, 5.74) is 1.71. The zero-order chi connectivity index (χ0) is 13.3. The number of rotatable bonds is 6. The standard InChI is InChI=1S/C12H18N6O/c1-13-11-17-9(8-10(18-11)16-7-15-8)14-6-12(2-3-12)4-5-19/h7,19H,2-6H2,1H3,(H3,13,14,15,16,17,18). The van der Waals surface area contributed by atoms with Gasteiger partial charge in [-0.05, 0) is 24.7 Å². The number of aromatic amines is 1. The Hall–Kier alpha value is -1.89. The quantitative estimate of drug-likeness (QED) is 0.619. The topological polar surface area (TPSA) is 98.8 Å². The van der Waals surface area contributed by atoms with Crippen LogP contribution < -0.4 is 10.6 Å². The average molecular weight is 262 g/mol. The summed E-state index contributed by atoms with van der Waals surface area (Å²) >= 11 is 0. The van der Waals surface area contributed by atoms with Crippen molar-refractivity contribution in [1.29, 1.82) is 0 Å². The average Bonchev–Trinajstić information content (AvgIpc) is 3.02. The second kappa shape index (κ2) is 4.65. The summed E-state index contributed by atoms with van der Waals surface area (Å²) in [6, 6.07) is 0. The first-order chi connectivity index (χ1) is 9.26. The van der Waals surface area contributed by atoms with Gasteiger partial charge in [0.15, 0.2) is 11.5 Å². The number of imidazole rings is 1. The second-order valence-corrected chi connectivity index (χ2v) is 5.07. The number of nitrogens with one attached hydrogen (secondary N) is 3. The molecule has 2 aromatic heterocycles. The van der Waals surface area contributed by atoms with Gasteiger partial charge in [-0.3, -0.25) is 0 Å². The van der Waals surface area contributed by atoms with E-state index in [1.807, 2.05) is 0 Å². The first kappa shape index (κ1) is 12.2. The fourth-order valence-corrected chi connectivity index (χ4v) is 2.27. The van der Waals surface area contributed by atoms with Gasteiger partial charge in [-0.25, -0.2) is 4.98 Å². The lowest BCUT2D eigenvalue weighted by molar-refractivity contribution is 0.253. The molecule has 7 heteroatoms. The van der Waals surface area contributed by atoms with Crippen LogP contribution in [-0.2, 0) is 0 Å². The van der Waals surface area contributed by atoms with Crippen LogP contribution in [0.5, 0.6) is 0 Å². The van der Waals surface area contributed by atoms with Gasteiger partial charge in [-0.1, -0.05) is 0 Å². The van der Waals surface area contributed by atoms with Gasteiger partial charge >= 0.3 is 0 Å². The Morgan fingerprint density at radius 2 is 2.26 bits per heavy atom. The molecule has 0 saturated heterocycles. The van der Waals surface area contributed by atoms with Crippen LogP contribution in [0, 0.1) is 5.41 Å². The highest BCUT2D eigenvalue weighted by molar-refractivity contribution is 5.83. The number of aliphatic hydroxyl groups is 1. The zero-order valence-electron chi connectivity index (χ0n) is 10.9. The number of fused-ring (bicyclic) bond motifs is 1. The van der Waals surface area contributed by atoms with Gasteiger partial charge in [-0.2, -0.15) is 9.97 Å². The van der Waals surface area contributed by atoms with Gasteiger partial charge in [-0.15, -0.1) is 0 Å². The van der Waals surface area contributed by atoms with E-state index < -0.39 is 0 Å². The molecule has 1 saturated carbocycles. The van der Waals surface area contributed by atoms with Gasteiger partial charge in [0, 0.05) is 20.2 Å². The third-order valence-corrected chi connectivity index (χ3v) is 3.74. The van der Waals surface area contributed by atoms with E-state index in [0.717, 1.165) is 37.1 Å². The minimum Gasteiger partial charge on any atom is -0.396 e. The molecule has 1 aliphatic carbocycles. The van der Waals surface area contributed by atoms with Crippen molar-refractivity contribution >= 4 is 22.9 Å². The highest BCUT2D eigenvalue weighted by Gasteiger charge is 2.41. The maximum Gasteiger partial charge on any atom is 0.226 e. The molecule has 102 valence electrons. The van der Waals surface area contributed by atoms with Crippen molar-refractivity contribution in [2.45, 2.75) is 19.3 Å². The maximum absolute atomic E-state index is 9.08. The highest BCUT2D eigenvalue weighted by Crippen LogP contribution is 2.48. The molecule has 0 atom stereocenters. The molecule has 0 aliphatic heterocycles. The summed E-state index contributed by atoms with van der Waals surface area (Å²) in [4.78, 5) is 15.9. The molecule has 0 unspecified atom stereocenters. The van der Waals surface area contributed by atoms with E-state index in [1.165, 1.54) is 0 Å².